The number of aliphatic hydroxyl groups is 1. The quantitative estimate of drug-likeness (QED) is 0.704. The molecule has 0 saturated carbocycles. The van der Waals surface area contributed by atoms with Crippen LogP contribution in [0.5, 0.6) is 0 Å². The second-order valence-corrected chi connectivity index (χ2v) is 3.52. The summed E-state index contributed by atoms with van der Waals surface area (Å²) in [5.41, 5.74) is 0. The van der Waals surface area contributed by atoms with Crippen molar-refractivity contribution in [2.24, 2.45) is 0 Å². The van der Waals surface area contributed by atoms with Gasteiger partial charge in [0, 0.05) is 31.5 Å². The molecule has 1 rings (SSSR count). The van der Waals surface area contributed by atoms with Crippen molar-refractivity contribution in [2.75, 3.05) is 6.61 Å². The molecule has 0 bridgehead atoms. The van der Waals surface area contributed by atoms with Crippen molar-refractivity contribution in [2.45, 2.75) is 32.4 Å². The van der Waals surface area contributed by atoms with E-state index in [4.69, 9.17) is 5.11 Å². The molecule has 1 unspecified atom stereocenters. The summed E-state index contributed by atoms with van der Waals surface area (Å²) in [6.07, 6.45) is 4.46. The predicted octanol–water partition coefficient (Wildman–Crippen LogP) is 0.160. The lowest BCUT2D eigenvalue weighted by Crippen LogP contribution is -2.35. The molecular weight excluding hydrogens is 194 g/mol. The van der Waals surface area contributed by atoms with Gasteiger partial charge in [-0.3, -0.25) is 9.48 Å². The van der Waals surface area contributed by atoms with Crippen LogP contribution in [0.3, 0.4) is 0 Å². The van der Waals surface area contributed by atoms with Gasteiger partial charge in [-0.25, -0.2) is 0 Å². The Labute approximate surface area is 89.1 Å². The van der Waals surface area contributed by atoms with Gasteiger partial charge in [0.05, 0.1) is 6.54 Å². The van der Waals surface area contributed by atoms with Gasteiger partial charge in [-0.15, -0.1) is 0 Å². The topological polar surface area (TPSA) is 67.2 Å². The summed E-state index contributed by atoms with van der Waals surface area (Å²) in [5.74, 6) is -0.0243. The van der Waals surface area contributed by atoms with Crippen molar-refractivity contribution in [1.82, 2.24) is 15.1 Å². The van der Waals surface area contributed by atoms with Gasteiger partial charge >= 0.3 is 0 Å². The monoisotopic (exact) mass is 211 g/mol. The highest BCUT2D eigenvalue weighted by Crippen LogP contribution is 1.93. The van der Waals surface area contributed by atoms with Crippen LogP contribution in [0, 0.1) is 0 Å². The summed E-state index contributed by atoms with van der Waals surface area (Å²) in [7, 11) is 0. The van der Waals surface area contributed by atoms with E-state index in [-0.39, 0.29) is 18.6 Å². The number of aromatic nitrogens is 2. The molecule has 1 amide bonds. The average molecular weight is 211 g/mol. The van der Waals surface area contributed by atoms with Gasteiger partial charge in [0.25, 0.3) is 0 Å². The van der Waals surface area contributed by atoms with Crippen LogP contribution in [-0.4, -0.2) is 33.4 Å². The molecule has 5 nitrogen and oxygen atoms in total. The van der Waals surface area contributed by atoms with Crippen LogP contribution in [0.15, 0.2) is 18.5 Å². The standard InChI is InChI=1S/C10H17N3O2/c1-9(8-13-6-3-5-11-13)12-10(15)4-2-7-14/h3,5-6,9,14H,2,4,7-8H2,1H3,(H,12,15). The van der Waals surface area contributed by atoms with Crippen molar-refractivity contribution in [3.63, 3.8) is 0 Å². The predicted molar refractivity (Wildman–Crippen MR) is 56.2 cm³/mol. The molecule has 0 spiro atoms. The van der Waals surface area contributed by atoms with Crippen LogP contribution >= 0.6 is 0 Å². The molecule has 5 heteroatoms. The fraction of sp³-hybridized carbons (Fsp3) is 0.600. The second-order valence-electron chi connectivity index (χ2n) is 3.52. The van der Waals surface area contributed by atoms with E-state index >= 15 is 0 Å². The lowest BCUT2D eigenvalue weighted by Gasteiger charge is -2.13. The zero-order valence-electron chi connectivity index (χ0n) is 8.89. The fourth-order valence-electron chi connectivity index (χ4n) is 1.32. The Hall–Kier alpha value is -1.36. The number of nitrogens with zero attached hydrogens (tertiary/aromatic N) is 2. The van der Waals surface area contributed by atoms with E-state index < -0.39 is 0 Å². The van der Waals surface area contributed by atoms with E-state index in [0.29, 0.717) is 19.4 Å². The molecule has 0 aliphatic rings. The maximum absolute atomic E-state index is 11.3. The third kappa shape index (κ3) is 4.60. The van der Waals surface area contributed by atoms with E-state index in [1.165, 1.54) is 0 Å². The van der Waals surface area contributed by atoms with Crippen molar-refractivity contribution < 1.29 is 9.90 Å². The summed E-state index contributed by atoms with van der Waals surface area (Å²) >= 11 is 0. The van der Waals surface area contributed by atoms with E-state index in [2.05, 4.69) is 10.4 Å². The first-order valence-corrected chi connectivity index (χ1v) is 5.10. The van der Waals surface area contributed by atoms with Gasteiger partial charge in [0.15, 0.2) is 0 Å². The number of amides is 1. The van der Waals surface area contributed by atoms with Crippen LogP contribution in [0.25, 0.3) is 0 Å². The first kappa shape index (κ1) is 11.7. The Balaban J connectivity index is 2.23. The number of aliphatic hydroxyl groups excluding tert-OH is 1. The molecule has 0 saturated heterocycles. The van der Waals surface area contributed by atoms with Crippen LogP contribution in [0.2, 0.25) is 0 Å². The van der Waals surface area contributed by atoms with Gasteiger partial charge in [0.2, 0.25) is 5.91 Å². The first-order valence-electron chi connectivity index (χ1n) is 5.10. The van der Waals surface area contributed by atoms with Crippen LogP contribution in [-0.2, 0) is 11.3 Å². The molecular formula is C10H17N3O2. The van der Waals surface area contributed by atoms with Crippen LogP contribution in [0.4, 0.5) is 0 Å². The molecule has 84 valence electrons. The molecule has 0 aromatic carbocycles. The molecule has 2 N–H and O–H groups in total. The fourth-order valence-corrected chi connectivity index (χ4v) is 1.32. The van der Waals surface area contributed by atoms with Crippen LogP contribution in [0.1, 0.15) is 19.8 Å². The molecule has 1 atom stereocenters. The van der Waals surface area contributed by atoms with E-state index in [9.17, 15) is 4.79 Å². The lowest BCUT2D eigenvalue weighted by atomic mass is 10.2. The molecule has 15 heavy (non-hydrogen) atoms. The Morgan fingerprint density at radius 3 is 3.07 bits per heavy atom. The normalized spacial score (nSPS) is 12.4. The molecule has 1 aromatic rings. The minimum atomic E-state index is -0.0243. The lowest BCUT2D eigenvalue weighted by molar-refractivity contribution is -0.122. The van der Waals surface area contributed by atoms with Crippen LogP contribution < -0.4 is 5.32 Å². The molecule has 1 aromatic heterocycles. The summed E-state index contributed by atoms with van der Waals surface area (Å²) in [4.78, 5) is 11.3. The highest BCUT2D eigenvalue weighted by Gasteiger charge is 2.07. The highest BCUT2D eigenvalue weighted by molar-refractivity contribution is 5.76. The van der Waals surface area contributed by atoms with E-state index in [0.717, 1.165) is 0 Å². The van der Waals surface area contributed by atoms with Crippen molar-refractivity contribution in [1.29, 1.82) is 0 Å². The highest BCUT2D eigenvalue weighted by atomic mass is 16.3. The number of hydrogen-bond acceptors (Lipinski definition) is 3. The Kier molecular flexibility index (Phi) is 4.83. The van der Waals surface area contributed by atoms with E-state index in [1.807, 2.05) is 19.2 Å². The summed E-state index contributed by atoms with van der Waals surface area (Å²) < 4.78 is 1.77. The van der Waals surface area contributed by atoms with Crippen molar-refractivity contribution in [3.05, 3.63) is 18.5 Å². The maximum atomic E-state index is 11.3. The first-order chi connectivity index (χ1) is 7.22. The summed E-state index contributed by atoms with van der Waals surface area (Å²) in [6, 6.07) is 1.90. The summed E-state index contributed by atoms with van der Waals surface area (Å²) in [5, 5.41) is 15.5. The Morgan fingerprint density at radius 2 is 2.47 bits per heavy atom. The molecule has 0 radical (unpaired) electrons. The molecule has 0 aliphatic carbocycles. The third-order valence-electron chi connectivity index (χ3n) is 1.99. The van der Waals surface area contributed by atoms with Gasteiger partial charge < -0.3 is 10.4 Å². The number of rotatable bonds is 6. The Morgan fingerprint density at radius 1 is 1.67 bits per heavy atom. The number of carbonyl (C=O) groups excluding carboxylic acids is 1. The van der Waals surface area contributed by atoms with Crippen molar-refractivity contribution in [3.8, 4) is 0 Å². The smallest absolute Gasteiger partial charge is 0.220 e. The minimum Gasteiger partial charge on any atom is -0.396 e. The number of nitrogens with one attached hydrogen (secondary N) is 1. The van der Waals surface area contributed by atoms with Crippen molar-refractivity contribution >= 4 is 5.91 Å². The maximum Gasteiger partial charge on any atom is 0.220 e. The Bertz CT molecular complexity index is 285. The average Bonchev–Trinajstić information content (AvgIpc) is 2.67. The SMILES string of the molecule is CC(Cn1cccn1)NC(=O)CCCO. The molecule has 1 heterocycles. The van der Waals surface area contributed by atoms with Gasteiger partial charge in [-0.05, 0) is 19.4 Å². The zero-order valence-corrected chi connectivity index (χ0v) is 8.89. The van der Waals surface area contributed by atoms with E-state index in [1.54, 1.807) is 10.9 Å². The molecule has 0 aliphatic heterocycles. The zero-order chi connectivity index (χ0) is 11.1. The summed E-state index contributed by atoms with van der Waals surface area (Å²) in [6.45, 7) is 2.65. The largest absolute Gasteiger partial charge is 0.396 e. The van der Waals surface area contributed by atoms with Gasteiger partial charge in [0.1, 0.15) is 0 Å². The number of hydrogen-bond donors (Lipinski definition) is 2. The second kappa shape index (κ2) is 6.19. The molecule has 0 fully saturated rings. The number of carbonyl (C=O) groups is 1. The minimum absolute atomic E-state index is 0.0243. The third-order valence-corrected chi connectivity index (χ3v) is 1.99. The van der Waals surface area contributed by atoms with Gasteiger partial charge in [-0.2, -0.15) is 5.10 Å². The van der Waals surface area contributed by atoms with Gasteiger partial charge in [-0.1, -0.05) is 0 Å².